The van der Waals surface area contributed by atoms with Crippen molar-refractivity contribution in [3.63, 3.8) is 0 Å². The number of aryl methyl sites for hydroxylation is 2. The van der Waals surface area contributed by atoms with Gasteiger partial charge in [-0.3, -0.25) is 0 Å². The van der Waals surface area contributed by atoms with Crippen LogP contribution >= 0.6 is 0 Å². The van der Waals surface area contributed by atoms with Crippen molar-refractivity contribution in [2.45, 2.75) is 39.2 Å². The van der Waals surface area contributed by atoms with Gasteiger partial charge in [0.05, 0.1) is 6.04 Å². The van der Waals surface area contributed by atoms with Gasteiger partial charge in [-0.1, -0.05) is 47.5 Å². The molecule has 1 heteroatoms. The van der Waals surface area contributed by atoms with E-state index >= 15 is 0 Å². The van der Waals surface area contributed by atoms with Gasteiger partial charge in [0.15, 0.2) is 0 Å². The lowest BCUT2D eigenvalue weighted by molar-refractivity contribution is 0.473. The predicted molar refractivity (Wildman–Crippen MR) is 86.3 cm³/mol. The van der Waals surface area contributed by atoms with Gasteiger partial charge in [-0.15, -0.1) is 0 Å². The Labute approximate surface area is 122 Å². The normalized spacial score (nSPS) is 19.1. The zero-order valence-electron chi connectivity index (χ0n) is 12.5. The first-order valence-electron chi connectivity index (χ1n) is 7.64. The zero-order chi connectivity index (χ0) is 13.9. The van der Waals surface area contributed by atoms with Crippen LogP contribution in [0.15, 0.2) is 48.5 Å². The lowest BCUT2D eigenvalue weighted by Crippen LogP contribution is -2.33. The molecule has 1 fully saturated rings. The molecule has 0 N–H and O–H groups in total. The van der Waals surface area contributed by atoms with Crippen LogP contribution in [-0.2, 0) is 0 Å². The van der Waals surface area contributed by atoms with E-state index in [1.807, 2.05) is 0 Å². The minimum absolute atomic E-state index is 0.534. The summed E-state index contributed by atoms with van der Waals surface area (Å²) in [5, 5.41) is 0. The van der Waals surface area contributed by atoms with Gasteiger partial charge in [0.2, 0.25) is 0 Å². The molecule has 0 amide bonds. The molecule has 0 aliphatic carbocycles. The number of nitrogens with zero attached hydrogens (tertiary/aromatic N) is 1. The first-order valence-corrected chi connectivity index (χ1v) is 7.64. The van der Waals surface area contributed by atoms with Crippen molar-refractivity contribution in [3.8, 4) is 0 Å². The van der Waals surface area contributed by atoms with Crippen LogP contribution in [0, 0.1) is 13.8 Å². The van der Waals surface area contributed by atoms with E-state index in [4.69, 9.17) is 0 Å². The molecule has 0 saturated carbocycles. The van der Waals surface area contributed by atoms with Gasteiger partial charge in [0.25, 0.3) is 0 Å². The Morgan fingerprint density at radius 1 is 0.800 bits per heavy atom. The molecule has 1 aliphatic rings. The Kier molecular flexibility index (Phi) is 3.77. The highest BCUT2D eigenvalue weighted by atomic mass is 15.2. The van der Waals surface area contributed by atoms with E-state index in [9.17, 15) is 0 Å². The summed E-state index contributed by atoms with van der Waals surface area (Å²) in [4.78, 5) is 2.58. The third kappa shape index (κ3) is 2.72. The molecule has 1 nitrogen and oxygen atoms in total. The van der Waals surface area contributed by atoms with Crippen LogP contribution in [0.5, 0.6) is 0 Å². The number of hydrogen-bond acceptors (Lipinski definition) is 1. The van der Waals surface area contributed by atoms with Gasteiger partial charge in [-0.2, -0.15) is 0 Å². The maximum absolute atomic E-state index is 2.58. The molecule has 104 valence electrons. The van der Waals surface area contributed by atoms with Gasteiger partial charge >= 0.3 is 0 Å². The van der Waals surface area contributed by atoms with E-state index in [-0.39, 0.29) is 0 Å². The standard InChI is InChI=1S/C19H23N/c1-15-6-10-17(11-7-15)19-5-3-4-14-20(19)18-12-8-16(2)9-13-18/h6-13,19H,3-5,14H2,1-2H3. The lowest BCUT2D eigenvalue weighted by Gasteiger charge is -2.38. The van der Waals surface area contributed by atoms with E-state index < -0.39 is 0 Å². The molecule has 0 aromatic heterocycles. The number of hydrogen-bond donors (Lipinski definition) is 0. The fourth-order valence-electron chi connectivity index (χ4n) is 3.11. The third-order valence-electron chi connectivity index (χ3n) is 4.33. The summed E-state index contributed by atoms with van der Waals surface area (Å²) in [6.07, 6.45) is 3.90. The topological polar surface area (TPSA) is 3.24 Å². The highest BCUT2D eigenvalue weighted by molar-refractivity contribution is 5.50. The molecule has 20 heavy (non-hydrogen) atoms. The first-order chi connectivity index (χ1) is 9.74. The predicted octanol–water partition coefficient (Wildman–Crippen LogP) is 5.04. The number of rotatable bonds is 2. The molecule has 0 bridgehead atoms. The van der Waals surface area contributed by atoms with E-state index in [0.717, 1.165) is 0 Å². The first kappa shape index (κ1) is 13.2. The molecule has 1 saturated heterocycles. The summed E-state index contributed by atoms with van der Waals surface area (Å²) in [5.41, 5.74) is 5.49. The quantitative estimate of drug-likeness (QED) is 0.735. The highest BCUT2D eigenvalue weighted by Crippen LogP contribution is 2.35. The minimum Gasteiger partial charge on any atom is -0.364 e. The van der Waals surface area contributed by atoms with Gasteiger partial charge in [0, 0.05) is 12.2 Å². The van der Waals surface area contributed by atoms with Crippen molar-refractivity contribution < 1.29 is 0 Å². The van der Waals surface area contributed by atoms with Crippen LogP contribution in [0.2, 0.25) is 0 Å². The molecule has 2 aromatic rings. The molecule has 1 heterocycles. The Morgan fingerprint density at radius 3 is 2.05 bits per heavy atom. The molecule has 1 aliphatic heterocycles. The summed E-state index contributed by atoms with van der Waals surface area (Å²) in [7, 11) is 0. The van der Waals surface area contributed by atoms with Crippen LogP contribution in [0.1, 0.15) is 42.0 Å². The second-order valence-electron chi connectivity index (χ2n) is 5.95. The smallest absolute Gasteiger partial charge is 0.0542 e. The van der Waals surface area contributed by atoms with Crippen molar-refractivity contribution in [1.82, 2.24) is 0 Å². The van der Waals surface area contributed by atoms with Crippen LogP contribution < -0.4 is 4.90 Å². The molecular formula is C19H23N. The molecule has 0 radical (unpaired) electrons. The lowest BCUT2D eigenvalue weighted by atomic mass is 9.94. The monoisotopic (exact) mass is 265 g/mol. The average molecular weight is 265 g/mol. The van der Waals surface area contributed by atoms with Crippen molar-refractivity contribution in [2.75, 3.05) is 11.4 Å². The summed E-state index contributed by atoms with van der Waals surface area (Å²) in [6, 6.07) is 18.6. The maximum atomic E-state index is 2.58. The Bertz CT molecular complexity index is 500. The third-order valence-corrected chi connectivity index (χ3v) is 4.33. The SMILES string of the molecule is Cc1ccc(C2CCCCN2c2ccc(C)cc2)cc1. The van der Waals surface area contributed by atoms with E-state index in [1.165, 1.54) is 48.2 Å². The Morgan fingerprint density at radius 2 is 1.40 bits per heavy atom. The van der Waals surface area contributed by atoms with Gasteiger partial charge in [-0.25, -0.2) is 0 Å². The molecule has 3 rings (SSSR count). The van der Waals surface area contributed by atoms with Gasteiger partial charge < -0.3 is 4.90 Å². The van der Waals surface area contributed by atoms with E-state index in [2.05, 4.69) is 67.3 Å². The van der Waals surface area contributed by atoms with Crippen LogP contribution in [0.25, 0.3) is 0 Å². The fourth-order valence-corrected chi connectivity index (χ4v) is 3.11. The maximum Gasteiger partial charge on any atom is 0.0542 e. The molecule has 0 spiro atoms. The zero-order valence-corrected chi connectivity index (χ0v) is 12.5. The van der Waals surface area contributed by atoms with Crippen molar-refractivity contribution in [1.29, 1.82) is 0 Å². The van der Waals surface area contributed by atoms with Crippen LogP contribution in [0.3, 0.4) is 0 Å². The van der Waals surface area contributed by atoms with E-state index in [0.29, 0.717) is 6.04 Å². The molecule has 1 atom stereocenters. The van der Waals surface area contributed by atoms with Crippen molar-refractivity contribution in [3.05, 3.63) is 65.2 Å². The number of benzene rings is 2. The van der Waals surface area contributed by atoms with Gasteiger partial charge in [0.1, 0.15) is 0 Å². The Balaban J connectivity index is 1.90. The van der Waals surface area contributed by atoms with E-state index in [1.54, 1.807) is 0 Å². The molecular weight excluding hydrogens is 242 g/mol. The Hall–Kier alpha value is -1.76. The van der Waals surface area contributed by atoms with Crippen LogP contribution in [-0.4, -0.2) is 6.54 Å². The summed E-state index contributed by atoms with van der Waals surface area (Å²) >= 11 is 0. The number of anilines is 1. The summed E-state index contributed by atoms with van der Waals surface area (Å²) < 4.78 is 0. The number of piperidine rings is 1. The summed E-state index contributed by atoms with van der Waals surface area (Å²) in [5.74, 6) is 0. The van der Waals surface area contributed by atoms with Crippen molar-refractivity contribution >= 4 is 5.69 Å². The fraction of sp³-hybridized carbons (Fsp3) is 0.368. The molecule has 2 aromatic carbocycles. The highest BCUT2D eigenvalue weighted by Gasteiger charge is 2.23. The largest absolute Gasteiger partial charge is 0.364 e. The van der Waals surface area contributed by atoms with Gasteiger partial charge in [-0.05, 0) is 50.8 Å². The van der Waals surface area contributed by atoms with Crippen LogP contribution in [0.4, 0.5) is 5.69 Å². The summed E-state index contributed by atoms with van der Waals surface area (Å²) in [6.45, 7) is 5.47. The minimum atomic E-state index is 0.534. The second kappa shape index (κ2) is 5.70. The average Bonchev–Trinajstić information content (AvgIpc) is 2.49. The van der Waals surface area contributed by atoms with Crippen molar-refractivity contribution in [2.24, 2.45) is 0 Å². The molecule has 1 unspecified atom stereocenters. The second-order valence-corrected chi connectivity index (χ2v) is 5.95.